The maximum Gasteiger partial charge on any atom is 0.270 e. The molecule has 7 nitrogen and oxygen atoms in total. The van der Waals surface area contributed by atoms with Crippen molar-refractivity contribution in [2.45, 2.75) is 25.2 Å². The molecule has 0 unspecified atom stereocenters. The zero-order valence-electron chi connectivity index (χ0n) is 24.1. The van der Waals surface area contributed by atoms with E-state index in [1.54, 1.807) is 13.8 Å². The second kappa shape index (κ2) is 9.28. The molecule has 0 N–H and O–H groups in total. The average molecular weight is 578 g/mol. The molecule has 0 aromatic heterocycles. The number of aliphatic imine (C=N–C) groups is 1. The molecule has 0 radical (unpaired) electrons. The summed E-state index contributed by atoms with van der Waals surface area (Å²) in [7, 11) is 0. The van der Waals surface area contributed by atoms with Crippen molar-refractivity contribution in [3.8, 4) is 0 Å². The van der Waals surface area contributed by atoms with Crippen LogP contribution in [-0.2, 0) is 15.0 Å². The van der Waals surface area contributed by atoms with E-state index in [2.05, 4.69) is 12.1 Å². The van der Waals surface area contributed by atoms with E-state index in [0.717, 1.165) is 33.0 Å². The number of nitro groups is 1. The number of benzene rings is 5. The van der Waals surface area contributed by atoms with Gasteiger partial charge >= 0.3 is 0 Å². The lowest BCUT2D eigenvalue weighted by molar-refractivity contribution is -0.384. The van der Waals surface area contributed by atoms with Crippen LogP contribution in [0.15, 0.2) is 108 Å². The number of fused-ring (bicyclic) bond motifs is 1. The van der Waals surface area contributed by atoms with Crippen molar-refractivity contribution in [1.29, 1.82) is 0 Å². The van der Waals surface area contributed by atoms with Crippen molar-refractivity contribution in [2.24, 2.45) is 16.8 Å². The average Bonchev–Trinajstić information content (AvgIpc) is 3.30. The minimum Gasteiger partial charge on any atom is -0.274 e. The molecule has 2 atom stereocenters. The van der Waals surface area contributed by atoms with Crippen LogP contribution in [0.2, 0.25) is 0 Å². The van der Waals surface area contributed by atoms with Gasteiger partial charge in [-0.2, -0.15) is 0 Å². The van der Waals surface area contributed by atoms with Crippen LogP contribution in [0, 0.1) is 35.8 Å². The maximum absolute atomic E-state index is 14.8. The minimum atomic E-state index is -1.03. The molecule has 2 amide bonds. The molecule has 214 valence electrons. The highest BCUT2D eigenvalue weighted by atomic mass is 16.6. The van der Waals surface area contributed by atoms with Crippen LogP contribution in [0.3, 0.4) is 0 Å². The van der Waals surface area contributed by atoms with Crippen molar-refractivity contribution in [1.82, 2.24) is 0 Å². The number of hydrogen-bond acceptors (Lipinski definition) is 5. The second-order valence-corrected chi connectivity index (χ2v) is 12.0. The van der Waals surface area contributed by atoms with Crippen LogP contribution in [0.4, 0.5) is 17.1 Å². The first-order valence-corrected chi connectivity index (χ1v) is 14.7. The third-order valence-corrected chi connectivity index (χ3v) is 9.78. The Morgan fingerprint density at radius 3 is 2.05 bits per heavy atom. The molecule has 1 saturated heterocycles. The van der Waals surface area contributed by atoms with E-state index in [-0.39, 0.29) is 23.4 Å². The first-order valence-electron chi connectivity index (χ1n) is 14.7. The van der Waals surface area contributed by atoms with Gasteiger partial charge in [0, 0.05) is 29.7 Å². The van der Waals surface area contributed by atoms with Gasteiger partial charge < -0.3 is 0 Å². The highest BCUT2D eigenvalue weighted by molar-refractivity contribution is 6.27. The molecule has 7 heteroatoms. The lowest BCUT2D eigenvalue weighted by Gasteiger charge is -2.52. The molecule has 5 aromatic rings. The standard InChI is InChI=1S/C37H27N3O4/c1-21-18-24(40(43)44)19-22(2)34(21)38-20-37-28-15-7-5-13-26(28)31(27-14-6-8-16-29(27)37)32-33(37)36(42)39(35(32)41)30-17-9-11-23-10-3-4-12-25(23)30/h3-20,31-33H,1-2H3/t31?,32-,33-,37?/m0/s1. The molecule has 2 bridgehead atoms. The molecule has 0 spiro atoms. The number of non-ortho nitro benzene ring substituents is 1. The Balaban J connectivity index is 1.39. The Hall–Kier alpha value is -5.43. The molecule has 1 fully saturated rings. The van der Waals surface area contributed by atoms with Crippen LogP contribution < -0.4 is 4.90 Å². The molecule has 44 heavy (non-hydrogen) atoms. The SMILES string of the molecule is Cc1cc([N+](=O)[O-])cc(C)c1N=CC12c3ccccc3C(c3ccccc31)[C@@H]1C(=O)N(c3cccc4ccccc34)C(=O)[C@H]12. The number of rotatable bonds is 4. The van der Waals surface area contributed by atoms with Crippen LogP contribution in [0.1, 0.15) is 39.3 Å². The first-order chi connectivity index (χ1) is 21.3. The van der Waals surface area contributed by atoms with Gasteiger partial charge in [-0.3, -0.25) is 24.7 Å². The Morgan fingerprint density at radius 2 is 1.39 bits per heavy atom. The normalized spacial score (nSPS) is 23.2. The van der Waals surface area contributed by atoms with Gasteiger partial charge in [-0.15, -0.1) is 0 Å². The van der Waals surface area contributed by atoms with Crippen LogP contribution in [0.25, 0.3) is 10.8 Å². The Labute approximate surface area is 253 Å². The van der Waals surface area contributed by atoms with Crippen LogP contribution >= 0.6 is 0 Å². The van der Waals surface area contributed by atoms with Crippen molar-refractivity contribution >= 4 is 45.9 Å². The summed E-state index contributed by atoms with van der Waals surface area (Å²) in [6.45, 7) is 3.61. The van der Waals surface area contributed by atoms with E-state index in [1.807, 2.05) is 85.1 Å². The van der Waals surface area contributed by atoms with Gasteiger partial charge in [0.2, 0.25) is 11.8 Å². The van der Waals surface area contributed by atoms with Crippen molar-refractivity contribution in [3.05, 3.63) is 147 Å². The largest absolute Gasteiger partial charge is 0.274 e. The summed E-state index contributed by atoms with van der Waals surface area (Å²) in [4.78, 5) is 47.0. The van der Waals surface area contributed by atoms with Gasteiger partial charge in [0.1, 0.15) is 0 Å². The number of amides is 2. The molecule has 3 aliphatic carbocycles. The van der Waals surface area contributed by atoms with Crippen molar-refractivity contribution in [3.63, 3.8) is 0 Å². The van der Waals surface area contributed by atoms with Crippen molar-refractivity contribution < 1.29 is 14.5 Å². The summed E-state index contributed by atoms with van der Waals surface area (Å²) in [6, 6.07) is 32.7. The molecule has 1 heterocycles. The molecular weight excluding hydrogens is 550 g/mol. The first kappa shape index (κ1) is 26.2. The zero-order chi connectivity index (χ0) is 30.3. The fourth-order valence-corrected chi connectivity index (χ4v) is 8.10. The van der Waals surface area contributed by atoms with E-state index in [9.17, 15) is 19.7 Å². The van der Waals surface area contributed by atoms with E-state index < -0.39 is 22.2 Å². The van der Waals surface area contributed by atoms with E-state index in [4.69, 9.17) is 4.99 Å². The van der Waals surface area contributed by atoms with E-state index in [1.165, 1.54) is 17.0 Å². The number of nitro benzene ring substituents is 1. The summed E-state index contributed by atoms with van der Waals surface area (Å²) in [5, 5.41) is 13.3. The maximum atomic E-state index is 14.8. The summed E-state index contributed by atoms with van der Waals surface area (Å²) < 4.78 is 0. The number of carbonyl (C=O) groups is 2. The summed E-state index contributed by atoms with van der Waals surface area (Å²) in [5.41, 5.74) is 5.50. The van der Waals surface area contributed by atoms with Crippen molar-refractivity contribution in [2.75, 3.05) is 4.90 Å². The number of imide groups is 1. The number of aryl methyl sites for hydroxylation is 2. The number of nitrogens with zero attached hydrogens (tertiary/aromatic N) is 3. The molecule has 1 aliphatic heterocycles. The third-order valence-electron chi connectivity index (χ3n) is 9.78. The van der Waals surface area contributed by atoms with Crippen LogP contribution in [-0.4, -0.2) is 23.0 Å². The molecule has 4 aliphatic rings. The third kappa shape index (κ3) is 3.35. The number of carbonyl (C=O) groups excluding carboxylic acids is 2. The highest BCUT2D eigenvalue weighted by Crippen LogP contribution is 2.64. The Kier molecular flexibility index (Phi) is 5.53. The van der Waals surface area contributed by atoms with E-state index in [0.29, 0.717) is 22.5 Å². The summed E-state index contributed by atoms with van der Waals surface area (Å²) in [6.07, 6.45) is 1.84. The lowest BCUT2D eigenvalue weighted by Crippen LogP contribution is -2.54. The topological polar surface area (TPSA) is 92.9 Å². The highest BCUT2D eigenvalue weighted by Gasteiger charge is 2.68. The van der Waals surface area contributed by atoms with Gasteiger partial charge in [-0.1, -0.05) is 84.9 Å². The number of hydrogen-bond donors (Lipinski definition) is 0. The van der Waals surface area contributed by atoms with Gasteiger partial charge in [-0.05, 0) is 58.7 Å². The van der Waals surface area contributed by atoms with Gasteiger partial charge in [0.25, 0.3) is 5.69 Å². The lowest BCUT2D eigenvalue weighted by atomic mass is 9.47. The fraction of sp³-hybridized carbons (Fsp3) is 0.162. The predicted molar refractivity (Wildman–Crippen MR) is 170 cm³/mol. The fourth-order valence-electron chi connectivity index (χ4n) is 8.10. The van der Waals surface area contributed by atoms with Crippen LogP contribution in [0.5, 0.6) is 0 Å². The van der Waals surface area contributed by atoms with Gasteiger partial charge in [-0.25, -0.2) is 4.90 Å². The quantitative estimate of drug-likeness (QED) is 0.0968. The Morgan fingerprint density at radius 1 is 0.795 bits per heavy atom. The van der Waals surface area contributed by atoms with Gasteiger partial charge in [0.05, 0.1) is 33.5 Å². The molecule has 5 aromatic carbocycles. The molecule has 0 saturated carbocycles. The Bertz CT molecular complexity index is 2040. The molecular formula is C37H27N3O4. The predicted octanol–water partition coefficient (Wildman–Crippen LogP) is 7.32. The van der Waals surface area contributed by atoms with Gasteiger partial charge in [0.15, 0.2) is 0 Å². The monoisotopic (exact) mass is 577 g/mol. The zero-order valence-corrected chi connectivity index (χ0v) is 24.1. The van der Waals surface area contributed by atoms with E-state index >= 15 is 0 Å². The smallest absolute Gasteiger partial charge is 0.270 e. The second-order valence-electron chi connectivity index (χ2n) is 12.0. The number of anilines is 1. The summed E-state index contributed by atoms with van der Waals surface area (Å²) >= 11 is 0. The molecule has 9 rings (SSSR count). The minimum absolute atomic E-state index is 0.00772. The summed E-state index contributed by atoms with van der Waals surface area (Å²) in [5.74, 6) is -2.05.